The first kappa shape index (κ1) is 21.9. The third-order valence-corrected chi connectivity index (χ3v) is 5.66. The molecule has 0 aliphatic heterocycles. The van der Waals surface area contributed by atoms with Crippen molar-refractivity contribution in [3.8, 4) is 5.75 Å². The fraction of sp³-hybridized carbons (Fsp3) is 0.292. The SMILES string of the molecule is COc1cccc(Cn2c(C)c(CNCCc3ccc(Cl)cc3)c(C(=O)O)c2C)c1. The number of carboxylic acids is 1. The normalized spacial score (nSPS) is 10.9. The van der Waals surface area contributed by atoms with Crippen molar-refractivity contribution in [3.63, 3.8) is 0 Å². The first-order valence-corrected chi connectivity index (χ1v) is 10.3. The lowest BCUT2D eigenvalue weighted by atomic mass is 10.1. The van der Waals surface area contributed by atoms with Crippen molar-refractivity contribution in [2.75, 3.05) is 13.7 Å². The van der Waals surface area contributed by atoms with Crippen LogP contribution in [0.4, 0.5) is 0 Å². The maximum Gasteiger partial charge on any atom is 0.337 e. The molecule has 0 saturated carbocycles. The van der Waals surface area contributed by atoms with Crippen molar-refractivity contribution in [1.82, 2.24) is 9.88 Å². The highest BCUT2D eigenvalue weighted by Crippen LogP contribution is 2.25. The van der Waals surface area contributed by atoms with Crippen LogP contribution >= 0.6 is 11.6 Å². The molecule has 6 heteroatoms. The van der Waals surface area contributed by atoms with E-state index in [1.54, 1.807) is 7.11 Å². The van der Waals surface area contributed by atoms with Gasteiger partial charge in [-0.25, -0.2) is 4.79 Å². The molecule has 3 rings (SSSR count). The molecule has 2 N–H and O–H groups in total. The van der Waals surface area contributed by atoms with Crippen molar-refractivity contribution in [2.45, 2.75) is 33.4 Å². The summed E-state index contributed by atoms with van der Waals surface area (Å²) in [5.41, 5.74) is 5.20. The molecule has 3 aromatic rings. The lowest BCUT2D eigenvalue weighted by Crippen LogP contribution is -2.18. The van der Waals surface area contributed by atoms with Crippen molar-refractivity contribution in [2.24, 2.45) is 0 Å². The van der Waals surface area contributed by atoms with Crippen LogP contribution in [0, 0.1) is 13.8 Å². The number of rotatable bonds is 9. The second-order valence-corrected chi connectivity index (χ2v) is 7.76. The Morgan fingerprint density at radius 3 is 2.50 bits per heavy atom. The number of ether oxygens (including phenoxy) is 1. The van der Waals surface area contributed by atoms with Crippen LogP contribution in [0.5, 0.6) is 5.75 Å². The molecule has 0 amide bonds. The molecule has 2 aromatic carbocycles. The van der Waals surface area contributed by atoms with Gasteiger partial charge >= 0.3 is 5.97 Å². The average molecular weight is 427 g/mol. The van der Waals surface area contributed by atoms with Gasteiger partial charge in [-0.3, -0.25) is 0 Å². The van der Waals surface area contributed by atoms with Gasteiger partial charge < -0.3 is 19.7 Å². The van der Waals surface area contributed by atoms with Gasteiger partial charge in [0.05, 0.1) is 12.7 Å². The molecular weight excluding hydrogens is 400 g/mol. The van der Waals surface area contributed by atoms with Crippen LogP contribution in [-0.2, 0) is 19.5 Å². The smallest absolute Gasteiger partial charge is 0.337 e. The Morgan fingerprint density at radius 2 is 1.83 bits per heavy atom. The van der Waals surface area contributed by atoms with Gasteiger partial charge in [-0.05, 0) is 62.2 Å². The maximum atomic E-state index is 12.0. The van der Waals surface area contributed by atoms with Crippen molar-refractivity contribution < 1.29 is 14.6 Å². The maximum absolute atomic E-state index is 12.0. The molecule has 30 heavy (non-hydrogen) atoms. The Morgan fingerprint density at radius 1 is 1.10 bits per heavy atom. The van der Waals surface area contributed by atoms with Gasteiger partial charge in [0.2, 0.25) is 0 Å². The Labute approximate surface area is 182 Å². The third-order valence-electron chi connectivity index (χ3n) is 5.40. The van der Waals surface area contributed by atoms with E-state index in [0.717, 1.165) is 46.3 Å². The molecule has 0 aliphatic carbocycles. The van der Waals surface area contributed by atoms with Crippen molar-refractivity contribution >= 4 is 17.6 Å². The molecule has 158 valence electrons. The number of benzene rings is 2. The highest BCUT2D eigenvalue weighted by molar-refractivity contribution is 6.30. The summed E-state index contributed by atoms with van der Waals surface area (Å²) in [6.45, 7) is 5.71. The van der Waals surface area contributed by atoms with Gasteiger partial charge in [0.25, 0.3) is 0 Å². The summed E-state index contributed by atoms with van der Waals surface area (Å²) in [7, 11) is 1.64. The number of nitrogens with one attached hydrogen (secondary N) is 1. The highest BCUT2D eigenvalue weighted by atomic mass is 35.5. The minimum absolute atomic E-state index is 0.384. The van der Waals surface area contributed by atoms with Crippen LogP contribution in [0.15, 0.2) is 48.5 Å². The van der Waals surface area contributed by atoms with Gasteiger partial charge in [-0.1, -0.05) is 35.9 Å². The molecular formula is C24H27ClN2O3. The quantitative estimate of drug-likeness (QED) is 0.480. The monoisotopic (exact) mass is 426 g/mol. The number of methoxy groups -OCH3 is 1. The minimum Gasteiger partial charge on any atom is -0.497 e. The third kappa shape index (κ3) is 5.04. The molecule has 0 saturated heterocycles. The van der Waals surface area contributed by atoms with Crippen LogP contribution in [0.25, 0.3) is 0 Å². The Kier molecular flexibility index (Phi) is 7.19. The summed E-state index contributed by atoms with van der Waals surface area (Å²) in [6.07, 6.45) is 0.849. The van der Waals surface area contributed by atoms with E-state index in [1.807, 2.05) is 62.4 Å². The zero-order valence-electron chi connectivity index (χ0n) is 17.5. The van der Waals surface area contributed by atoms with E-state index in [2.05, 4.69) is 9.88 Å². The summed E-state index contributed by atoms with van der Waals surface area (Å²) in [5, 5.41) is 13.9. The standard InChI is InChI=1S/C24H27ClN2O3/c1-16-22(14-26-12-11-18-7-9-20(25)10-8-18)23(24(28)29)17(2)27(16)15-19-5-4-6-21(13-19)30-3/h4-10,13,26H,11-12,14-15H2,1-3H3,(H,28,29). The van der Waals surface area contributed by atoms with Crippen LogP contribution in [0.2, 0.25) is 5.02 Å². The lowest BCUT2D eigenvalue weighted by Gasteiger charge is -2.11. The molecule has 0 radical (unpaired) electrons. The van der Waals surface area contributed by atoms with E-state index in [9.17, 15) is 9.90 Å². The predicted octanol–water partition coefficient (Wildman–Crippen LogP) is 4.85. The highest BCUT2D eigenvalue weighted by Gasteiger charge is 2.22. The zero-order valence-corrected chi connectivity index (χ0v) is 18.3. The molecule has 1 heterocycles. The first-order valence-electron chi connectivity index (χ1n) is 9.90. The lowest BCUT2D eigenvalue weighted by molar-refractivity contribution is 0.0694. The summed E-state index contributed by atoms with van der Waals surface area (Å²) >= 11 is 5.93. The number of aromatic nitrogens is 1. The topological polar surface area (TPSA) is 63.5 Å². The van der Waals surface area contributed by atoms with Crippen LogP contribution in [0.1, 0.15) is 38.4 Å². The predicted molar refractivity (Wildman–Crippen MR) is 120 cm³/mol. The number of carbonyl (C=O) groups is 1. The van der Waals surface area contributed by atoms with Crippen LogP contribution < -0.4 is 10.1 Å². The Balaban J connectivity index is 1.75. The van der Waals surface area contributed by atoms with E-state index in [-0.39, 0.29) is 0 Å². The van der Waals surface area contributed by atoms with Gasteiger partial charge in [0.15, 0.2) is 0 Å². The Hall–Kier alpha value is -2.76. The second-order valence-electron chi connectivity index (χ2n) is 7.32. The first-order chi connectivity index (χ1) is 14.4. The van der Waals surface area contributed by atoms with Crippen LogP contribution in [-0.4, -0.2) is 29.3 Å². The second kappa shape index (κ2) is 9.83. The van der Waals surface area contributed by atoms with Crippen LogP contribution in [0.3, 0.4) is 0 Å². The molecule has 0 fully saturated rings. The number of halogens is 1. The zero-order chi connectivity index (χ0) is 21.7. The van der Waals surface area contributed by atoms with E-state index < -0.39 is 5.97 Å². The van der Waals surface area contributed by atoms with Crippen molar-refractivity contribution in [1.29, 1.82) is 0 Å². The van der Waals surface area contributed by atoms with Gasteiger partial charge in [-0.15, -0.1) is 0 Å². The molecule has 0 atom stereocenters. The molecule has 1 aromatic heterocycles. The van der Waals surface area contributed by atoms with Gasteiger partial charge in [0.1, 0.15) is 5.75 Å². The number of hydrogen-bond donors (Lipinski definition) is 2. The summed E-state index contributed by atoms with van der Waals surface area (Å²) < 4.78 is 7.37. The molecule has 0 unspecified atom stereocenters. The summed E-state index contributed by atoms with van der Waals surface area (Å²) in [5.74, 6) is -0.105. The van der Waals surface area contributed by atoms with E-state index >= 15 is 0 Å². The van der Waals surface area contributed by atoms with Crippen molar-refractivity contribution in [3.05, 3.63) is 87.2 Å². The molecule has 5 nitrogen and oxygen atoms in total. The minimum atomic E-state index is -0.894. The Bertz CT molecular complexity index is 1030. The fourth-order valence-electron chi connectivity index (χ4n) is 3.74. The average Bonchev–Trinajstić information content (AvgIpc) is 2.97. The van der Waals surface area contributed by atoms with Gasteiger partial charge in [0, 0.05) is 35.1 Å². The van der Waals surface area contributed by atoms with E-state index in [0.29, 0.717) is 18.7 Å². The number of nitrogens with zero attached hydrogens (tertiary/aromatic N) is 1. The number of carboxylic acid groups (broad SMARTS) is 1. The fourth-order valence-corrected chi connectivity index (χ4v) is 3.86. The number of aromatic carboxylic acids is 1. The number of hydrogen-bond acceptors (Lipinski definition) is 3. The molecule has 0 bridgehead atoms. The van der Waals surface area contributed by atoms with E-state index in [1.165, 1.54) is 5.56 Å². The largest absolute Gasteiger partial charge is 0.497 e. The van der Waals surface area contributed by atoms with Gasteiger partial charge in [-0.2, -0.15) is 0 Å². The molecule has 0 aliphatic rings. The molecule has 0 spiro atoms. The summed E-state index contributed by atoms with van der Waals surface area (Å²) in [4.78, 5) is 12.0. The summed E-state index contributed by atoms with van der Waals surface area (Å²) in [6, 6.07) is 15.6. The van der Waals surface area contributed by atoms with E-state index in [4.69, 9.17) is 16.3 Å².